The Balaban J connectivity index is 1.55. The zero-order valence-electron chi connectivity index (χ0n) is 22.9. The van der Waals surface area contributed by atoms with Gasteiger partial charge in [0.05, 0.1) is 0 Å². The summed E-state index contributed by atoms with van der Waals surface area (Å²) in [5, 5.41) is 20.3. The van der Waals surface area contributed by atoms with Crippen molar-refractivity contribution in [3.05, 3.63) is 47.5 Å². The van der Waals surface area contributed by atoms with Gasteiger partial charge in [-0.1, -0.05) is 39.0 Å². The third-order valence-corrected chi connectivity index (χ3v) is 7.65. The van der Waals surface area contributed by atoms with E-state index in [0.29, 0.717) is 12.1 Å². The smallest absolute Gasteiger partial charge is 0.306 e. The summed E-state index contributed by atoms with van der Waals surface area (Å²) < 4.78 is 5.96. The highest BCUT2D eigenvalue weighted by Gasteiger charge is 2.44. The molecule has 1 aromatic heterocycles. The second-order valence-electron chi connectivity index (χ2n) is 12.4. The van der Waals surface area contributed by atoms with Gasteiger partial charge in [-0.15, -0.1) is 15.0 Å². The normalized spacial score (nSPS) is 18.4. The van der Waals surface area contributed by atoms with Crippen molar-refractivity contribution in [3.8, 4) is 11.4 Å². The maximum absolute atomic E-state index is 12.9. The van der Waals surface area contributed by atoms with Crippen molar-refractivity contribution in [2.24, 2.45) is 0 Å². The number of hydrogen-bond acceptors (Lipinski definition) is 6. The first-order chi connectivity index (χ1) is 16.7. The van der Waals surface area contributed by atoms with Crippen LogP contribution in [0.15, 0.2) is 36.4 Å². The summed E-state index contributed by atoms with van der Waals surface area (Å²) in [6.07, 6.45) is 2.31. The summed E-state index contributed by atoms with van der Waals surface area (Å²) in [4.78, 5) is 16.8. The molecule has 0 radical (unpaired) electrons. The molecule has 4 rings (SSSR count). The van der Waals surface area contributed by atoms with Crippen LogP contribution in [0, 0.1) is 0 Å². The summed E-state index contributed by atoms with van der Waals surface area (Å²) in [5.41, 5.74) is 3.38. The highest BCUT2D eigenvalue weighted by atomic mass is 16.5. The number of rotatable bonds is 5. The van der Waals surface area contributed by atoms with Crippen molar-refractivity contribution in [3.63, 3.8) is 0 Å². The molecule has 0 saturated carbocycles. The molecule has 36 heavy (non-hydrogen) atoms. The number of nitrogens with zero attached hydrogens (tertiary/aromatic N) is 4. The Morgan fingerprint density at radius 1 is 1.06 bits per heavy atom. The molecule has 1 N–H and O–H groups in total. The molecule has 1 aliphatic rings. The highest BCUT2D eigenvalue weighted by Crippen LogP contribution is 2.39. The Labute approximate surface area is 214 Å². The van der Waals surface area contributed by atoms with Gasteiger partial charge in [0.25, 0.3) is 0 Å². The van der Waals surface area contributed by atoms with Gasteiger partial charge in [0.15, 0.2) is 0 Å². The van der Waals surface area contributed by atoms with E-state index in [1.54, 1.807) is 0 Å². The molecular weight excluding hydrogens is 452 g/mol. The molecular formula is C29H40N4O3. The van der Waals surface area contributed by atoms with E-state index in [0.717, 1.165) is 35.0 Å². The van der Waals surface area contributed by atoms with Crippen LogP contribution in [0.1, 0.15) is 78.9 Å². The predicted molar refractivity (Wildman–Crippen MR) is 143 cm³/mol. The molecule has 0 atom stereocenters. The average molecular weight is 493 g/mol. The SMILES string of the molecule is CN1C(C)(C)CC(OC(=O)CCc2cc(-n3nc4ccccc4n3)c(O)c(C(C)(C)C)c2)CC1(C)C. The molecule has 2 aromatic carbocycles. The lowest BCUT2D eigenvalue weighted by atomic mass is 9.79. The van der Waals surface area contributed by atoms with Gasteiger partial charge in [-0.2, -0.15) is 0 Å². The van der Waals surface area contributed by atoms with E-state index in [1.165, 1.54) is 4.80 Å². The minimum atomic E-state index is -0.298. The Morgan fingerprint density at radius 2 is 1.61 bits per heavy atom. The number of carbonyl (C=O) groups is 1. The minimum Gasteiger partial charge on any atom is -0.505 e. The summed E-state index contributed by atoms with van der Waals surface area (Å²) >= 11 is 0. The first kappa shape index (κ1) is 26.1. The summed E-state index contributed by atoms with van der Waals surface area (Å²) in [7, 11) is 2.14. The number of aryl methyl sites for hydroxylation is 1. The number of benzene rings is 2. The van der Waals surface area contributed by atoms with Crippen LogP contribution in [0.25, 0.3) is 16.7 Å². The van der Waals surface area contributed by atoms with Gasteiger partial charge < -0.3 is 9.84 Å². The summed E-state index contributed by atoms with van der Waals surface area (Å²) in [6.45, 7) is 15.0. The van der Waals surface area contributed by atoms with Crippen molar-refractivity contribution in [1.82, 2.24) is 19.9 Å². The lowest BCUT2D eigenvalue weighted by molar-refractivity contribution is -0.158. The van der Waals surface area contributed by atoms with Crippen molar-refractivity contribution in [1.29, 1.82) is 0 Å². The van der Waals surface area contributed by atoms with E-state index in [-0.39, 0.29) is 40.7 Å². The number of likely N-dealkylation sites (tertiary alicyclic amines) is 1. The van der Waals surface area contributed by atoms with Gasteiger partial charge in [-0.05, 0) is 70.3 Å². The molecule has 0 bridgehead atoms. The molecule has 194 valence electrons. The Bertz CT molecular complexity index is 1220. The fraction of sp³-hybridized carbons (Fsp3) is 0.552. The predicted octanol–water partition coefficient (Wildman–Crippen LogP) is 5.55. The van der Waals surface area contributed by atoms with Gasteiger partial charge in [0.2, 0.25) is 0 Å². The van der Waals surface area contributed by atoms with Crippen LogP contribution in [0.3, 0.4) is 0 Å². The van der Waals surface area contributed by atoms with Crippen LogP contribution >= 0.6 is 0 Å². The molecule has 1 aliphatic heterocycles. The summed E-state index contributed by atoms with van der Waals surface area (Å²) in [5.74, 6) is -0.0315. The number of phenolic OH excluding ortho intramolecular Hbond substituents is 1. The fourth-order valence-electron chi connectivity index (χ4n) is 5.37. The maximum Gasteiger partial charge on any atom is 0.306 e. The quantitative estimate of drug-likeness (QED) is 0.470. The Hall–Kier alpha value is -2.93. The van der Waals surface area contributed by atoms with Crippen LogP contribution in [0.2, 0.25) is 0 Å². The minimum absolute atomic E-state index is 0.0412. The van der Waals surface area contributed by atoms with Gasteiger partial charge in [0, 0.05) is 35.9 Å². The van der Waals surface area contributed by atoms with E-state index >= 15 is 0 Å². The second kappa shape index (κ2) is 9.18. The van der Waals surface area contributed by atoms with Crippen LogP contribution < -0.4 is 0 Å². The van der Waals surface area contributed by atoms with Gasteiger partial charge in [0.1, 0.15) is 28.6 Å². The van der Waals surface area contributed by atoms with E-state index < -0.39 is 0 Å². The molecule has 3 aromatic rings. The number of piperidine rings is 1. The topological polar surface area (TPSA) is 80.5 Å². The Morgan fingerprint density at radius 3 is 2.14 bits per heavy atom. The number of fused-ring (bicyclic) bond motifs is 1. The third-order valence-electron chi connectivity index (χ3n) is 7.65. The van der Waals surface area contributed by atoms with Crippen LogP contribution in [-0.4, -0.2) is 55.2 Å². The van der Waals surface area contributed by atoms with Crippen molar-refractivity contribution < 1.29 is 14.6 Å². The number of esters is 1. The number of phenols is 1. The van der Waals surface area contributed by atoms with Crippen LogP contribution in [0.5, 0.6) is 5.75 Å². The van der Waals surface area contributed by atoms with Crippen molar-refractivity contribution in [2.75, 3.05) is 7.05 Å². The van der Waals surface area contributed by atoms with Crippen LogP contribution in [-0.2, 0) is 21.4 Å². The molecule has 0 aliphatic carbocycles. The fourth-order valence-corrected chi connectivity index (χ4v) is 5.37. The molecule has 0 spiro atoms. The average Bonchev–Trinajstić information content (AvgIpc) is 3.19. The maximum atomic E-state index is 12.9. The molecule has 0 amide bonds. The van der Waals surface area contributed by atoms with Gasteiger partial charge in [-0.3, -0.25) is 9.69 Å². The second-order valence-corrected chi connectivity index (χ2v) is 12.4. The first-order valence-electron chi connectivity index (χ1n) is 12.8. The zero-order valence-corrected chi connectivity index (χ0v) is 22.9. The van der Waals surface area contributed by atoms with E-state index in [4.69, 9.17) is 4.74 Å². The van der Waals surface area contributed by atoms with Crippen molar-refractivity contribution in [2.45, 2.75) is 96.7 Å². The number of carbonyl (C=O) groups excluding carboxylic acids is 1. The lowest BCUT2D eigenvalue weighted by Crippen LogP contribution is -2.60. The number of ether oxygens (including phenoxy) is 1. The van der Waals surface area contributed by atoms with E-state index in [2.05, 4.69) is 70.6 Å². The van der Waals surface area contributed by atoms with Gasteiger partial charge in [-0.25, -0.2) is 0 Å². The van der Waals surface area contributed by atoms with E-state index in [1.807, 2.05) is 36.4 Å². The molecule has 7 nitrogen and oxygen atoms in total. The largest absolute Gasteiger partial charge is 0.505 e. The van der Waals surface area contributed by atoms with Crippen LogP contribution in [0.4, 0.5) is 0 Å². The van der Waals surface area contributed by atoms with Gasteiger partial charge >= 0.3 is 5.97 Å². The van der Waals surface area contributed by atoms with Crippen molar-refractivity contribution >= 4 is 17.0 Å². The monoisotopic (exact) mass is 492 g/mol. The first-order valence-corrected chi connectivity index (χ1v) is 12.8. The lowest BCUT2D eigenvalue weighted by Gasteiger charge is -2.53. The zero-order chi connectivity index (χ0) is 26.5. The number of aromatic hydroxyl groups is 1. The molecule has 2 heterocycles. The summed E-state index contributed by atoms with van der Waals surface area (Å²) in [6, 6.07) is 11.5. The molecule has 7 heteroatoms. The van der Waals surface area contributed by atoms with E-state index in [9.17, 15) is 9.90 Å². The Kier molecular flexibility index (Phi) is 6.67. The highest BCUT2D eigenvalue weighted by molar-refractivity contribution is 5.74. The number of hydrogen-bond donors (Lipinski definition) is 1. The standard InChI is InChI=1S/C29H40N4O3/c1-27(2,3)21-15-19(16-24(26(21)35)33-30-22-11-9-10-12-23(22)31-33)13-14-25(34)36-20-17-28(4,5)32(8)29(6,7)18-20/h9-12,15-16,20,35H,13-14,17-18H2,1-8H3. The molecule has 0 unspecified atom stereocenters. The third kappa shape index (κ3) is 5.26. The molecule has 1 saturated heterocycles. The molecule has 1 fully saturated rings. The number of aromatic nitrogens is 3.